The van der Waals surface area contributed by atoms with Gasteiger partial charge in [-0.2, -0.15) is 4.57 Å². The zero-order valence-corrected chi connectivity index (χ0v) is 12.5. The van der Waals surface area contributed by atoms with E-state index in [1.165, 1.54) is 5.69 Å². The first-order chi connectivity index (χ1) is 10.2. The van der Waals surface area contributed by atoms with Crippen molar-refractivity contribution in [3.63, 3.8) is 0 Å². The third-order valence-corrected chi connectivity index (χ3v) is 3.66. The number of benzene rings is 2. The van der Waals surface area contributed by atoms with Crippen LogP contribution in [-0.2, 0) is 0 Å². The van der Waals surface area contributed by atoms with Crippen molar-refractivity contribution in [3.05, 3.63) is 60.3 Å². The molecule has 0 radical (unpaired) electrons. The number of methoxy groups -OCH3 is 2. The molecule has 2 aromatic carbocycles. The lowest BCUT2D eigenvalue weighted by atomic mass is 10.1. The molecule has 1 aromatic heterocycles. The van der Waals surface area contributed by atoms with Crippen LogP contribution in [0.25, 0.3) is 16.6 Å². The molecule has 21 heavy (non-hydrogen) atoms. The van der Waals surface area contributed by atoms with E-state index in [-0.39, 0.29) is 0 Å². The first kappa shape index (κ1) is 13.4. The number of ether oxygens (including phenoxy) is 2. The maximum atomic E-state index is 5.30. The van der Waals surface area contributed by atoms with Crippen LogP contribution in [0.4, 0.5) is 0 Å². The van der Waals surface area contributed by atoms with Crippen LogP contribution < -0.4 is 14.0 Å². The summed E-state index contributed by atoms with van der Waals surface area (Å²) < 4.78 is 12.8. The largest absolute Gasteiger partial charge is 0.497 e. The van der Waals surface area contributed by atoms with Crippen LogP contribution in [0.1, 0.15) is 5.69 Å². The first-order valence-corrected chi connectivity index (χ1v) is 6.87. The first-order valence-electron chi connectivity index (χ1n) is 6.87. The summed E-state index contributed by atoms with van der Waals surface area (Å²) in [5, 5.41) is 1.15. The summed E-state index contributed by atoms with van der Waals surface area (Å²) in [6.45, 7) is 2.11. The van der Waals surface area contributed by atoms with E-state index in [2.05, 4.69) is 47.9 Å². The monoisotopic (exact) mass is 280 g/mol. The van der Waals surface area contributed by atoms with Crippen LogP contribution in [0.5, 0.6) is 11.5 Å². The Hall–Kier alpha value is -2.55. The van der Waals surface area contributed by atoms with Gasteiger partial charge in [0.05, 0.1) is 19.6 Å². The summed E-state index contributed by atoms with van der Waals surface area (Å²) in [4.78, 5) is 0. The van der Waals surface area contributed by atoms with Crippen molar-refractivity contribution >= 4 is 10.9 Å². The van der Waals surface area contributed by atoms with Crippen molar-refractivity contribution in [2.45, 2.75) is 6.92 Å². The fourth-order valence-electron chi connectivity index (χ4n) is 2.55. The molecule has 3 rings (SSSR count). The summed E-state index contributed by atoms with van der Waals surface area (Å²) in [5.74, 6) is 1.73. The minimum absolute atomic E-state index is 0.860. The molecule has 3 nitrogen and oxygen atoms in total. The minimum atomic E-state index is 0.860. The lowest BCUT2D eigenvalue weighted by Gasteiger charge is -2.06. The summed E-state index contributed by atoms with van der Waals surface area (Å²) in [6, 6.07) is 18.4. The molecule has 0 spiro atoms. The van der Waals surface area contributed by atoms with E-state index in [4.69, 9.17) is 9.47 Å². The highest BCUT2D eigenvalue weighted by Crippen LogP contribution is 2.20. The van der Waals surface area contributed by atoms with Gasteiger partial charge in [-0.15, -0.1) is 0 Å². The van der Waals surface area contributed by atoms with Gasteiger partial charge in [0.15, 0.2) is 5.69 Å². The van der Waals surface area contributed by atoms with Gasteiger partial charge >= 0.3 is 0 Å². The molecule has 0 amide bonds. The molecule has 0 bridgehead atoms. The molecule has 0 atom stereocenters. The third kappa shape index (κ3) is 2.42. The summed E-state index contributed by atoms with van der Waals surface area (Å²) in [7, 11) is 3.37. The maximum absolute atomic E-state index is 5.30. The maximum Gasteiger partial charge on any atom is 0.218 e. The van der Waals surface area contributed by atoms with E-state index in [1.807, 2.05) is 18.2 Å². The van der Waals surface area contributed by atoms with Crippen LogP contribution in [-0.4, -0.2) is 14.2 Å². The fourth-order valence-corrected chi connectivity index (χ4v) is 2.55. The second kappa shape index (κ2) is 5.44. The van der Waals surface area contributed by atoms with Gasteiger partial charge in [-0.1, -0.05) is 0 Å². The Kier molecular flexibility index (Phi) is 3.48. The van der Waals surface area contributed by atoms with Crippen LogP contribution >= 0.6 is 0 Å². The molecular formula is C18H18NO2+. The number of aryl methyl sites for hydroxylation is 1. The molecule has 3 heteroatoms. The zero-order valence-electron chi connectivity index (χ0n) is 12.5. The number of nitrogens with zero attached hydrogens (tertiary/aromatic N) is 1. The van der Waals surface area contributed by atoms with Crippen molar-refractivity contribution < 1.29 is 14.0 Å². The van der Waals surface area contributed by atoms with Gasteiger partial charge in [-0.3, -0.25) is 0 Å². The zero-order chi connectivity index (χ0) is 14.8. The van der Waals surface area contributed by atoms with Gasteiger partial charge in [0, 0.05) is 31.2 Å². The Balaban J connectivity index is 2.22. The van der Waals surface area contributed by atoms with Gasteiger partial charge < -0.3 is 9.47 Å². The number of rotatable bonds is 3. The molecule has 0 fully saturated rings. The van der Waals surface area contributed by atoms with E-state index < -0.39 is 0 Å². The van der Waals surface area contributed by atoms with Crippen molar-refractivity contribution in [3.8, 4) is 17.2 Å². The molecule has 3 aromatic rings. The van der Waals surface area contributed by atoms with E-state index in [9.17, 15) is 0 Å². The van der Waals surface area contributed by atoms with Crippen molar-refractivity contribution in [1.29, 1.82) is 0 Å². The number of fused-ring (bicyclic) bond motifs is 1. The van der Waals surface area contributed by atoms with Gasteiger partial charge in [0.25, 0.3) is 0 Å². The predicted molar refractivity (Wildman–Crippen MR) is 83.3 cm³/mol. The third-order valence-electron chi connectivity index (χ3n) is 3.66. The van der Waals surface area contributed by atoms with Crippen molar-refractivity contribution in [2.75, 3.05) is 14.2 Å². The van der Waals surface area contributed by atoms with E-state index in [0.717, 1.165) is 28.1 Å². The SMILES string of the molecule is COc1ccc(-[n+]2c(C)ccc3cc(OC)ccc32)cc1. The quantitative estimate of drug-likeness (QED) is 0.686. The highest BCUT2D eigenvalue weighted by atomic mass is 16.5. The molecule has 0 N–H and O–H groups in total. The lowest BCUT2D eigenvalue weighted by molar-refractivity contribution is -0.574. The van der Waals surface area contributed by atoms with Gasteiger partial charge in [-0.05, 0) is 30.3 Å². The second-order valence-corrected chi connectivity index (χ2v) is 4.93. The standard InChI is InChI=1S/C18H18NO2/c1-13-4-5-14-12-17(21-3)10-11-18(14)19(13)15-6-8-16(20-2)9-7-15/h4-12H,1-3H3/q+1. The smallest absolute Gasteiger partial charge is 0.218 e. The molecule has 0 saturated heterocycles. The van der Waals surface area contributed by atoms with E-state index in [0.29, 0.717) is 0 Å². The molecule has 0 unspecified atom stereocenters. The highest BCUT2D eigenvalue weighted by molar-refractivity contribution is 5.78. The highest BCUT2D eigenvalue weighted by Gasteiger charge is 2.16. The van der Waals surface area contributed by atoms with Crippen LogP contribution in [0.2, 0.25) is 0 Å². The lowest BCUT2D eigenvalue weighted by Crippen LogP contribution is -2.34. The second-order valence-electron chi connectivity index (χ2n) is 4.93. The average Bonchev–Trinajstić information content (AvgIpc) is 2.54. The molecule has 0 saturated carbocycles. The minimum Gasteiger partial charge on any atom is -0.497 e. The van der Waals surface area contributed by atoms with Crippen molar-refractivity contribution in [1.82, 2.24) is 0 Å². The summed E-state index contributed by atoms with van der Waals surface area (Å²) in [6.07, 6.45) is 0. The molecule has 0 aliphatic rings. The van der Waals surface area contributed by atoms with Crippen LogP contribution in [0, 0.1) is 6.92 Å². The predicted octanol–water partition coefficient (Wildman–Crippen LogP) is 3.44. The molecule has 106 valence electrons. The number of aromatic nitrogens is 1. The Morgan fingerprint density at radius 2 is 1.43 bits per heavy atom. The Morgan fingerprint density at radius 1 is 0.762 bits per heavy atom. The van der Waals surface area contributed by atoms with E-state index in [1.54, 1.807) is 14.2 Å². The molecular weight excluding hydrogens is 262 g/mol. The number of hydrogen-bond donors (Lipinski definition) is 0. The normalized spacial score (nSPS) is 10.6. The van der Waals surface area contributed by atoms with Gasteiger partial charge in [-0.25, -0.2) is 0 Å². The summed E-state index contributed by atoms with van der Waals surface area (Å²) >= 11 is 0. The topological polar surface area (TPSA) is 22.3 Å². The Bertz CT molecular complexity index is 779. The molecule has 1 heterocycles. The fraction of sp³-hybridized carbons (Fsp3) is 0.167. The van der Waals surface area contributed by atoms with Crippen LogP contribution in [0.15, 0.2) is 54.6 Å². The Morgan fingerprint density at radius 3 is 2.10 bits per heavy atom. The average molecular weight is 280 g/mol. The van der Waals surface area contributed by atoms with Gasteiger partial charge in [0.2, 0.25) is 11.2 Å². The Labute approximate surface area is 124 Å². The van der Waals surface area contributed by atoms with Gasteiger partial charge in [0.1, 0.15) is 11.5 Å². The number of pyridine rings is 1. The molecule has 0 aliphatic heterocycles. The number of hydrogen-bond acceptors (Lipinski definition) is 2. The van der Waals surface area contributed by atoms with Crippen molar-refractivity contribution in [2.24, 2.45) is 0 Å². The van der Waals surface area contributed by atoms with E-state index >= 15 is 0 Å². The van der Waals surface area contributed by atoms with Crippen LogP contribution in [0.3, 0.4) is 0 Å². The molecule has 0 aliphatic carbocycles. The summed E-state index contributed by atoms with van der Waals surface area (Å²) in [5.41, 5.74) is 3.45.